The van der Waals surface area contributed by atoms with E-state index in [1.165, 1.54) is 0 Å². The second-order valence-corrected chi connectivity index (χ2v) is 6.10. The third kappa shape index (κ3) is 6.02. The molecule has 4 heteroatoms. The predicted octanol–water partition coefficient (Wildman–Crippen LogP) is 2.01. The SMILES string of the molecule is CCN(CC(C)C#N)C(=O)C(CN)CC(C)(C)C. The van der Waals surface area contributed by atoms with E-state index in [0.717, 1.165) is 6.42 Å². The van der Waals surface area contributed by atoms with Crippen LogP contribution in [0.1, 0.15) is 41.0 Å². The molecule has 0 aliphatic carbocycles. The maximum Gasteiger partial charge on any atom is 0.227 e. The van der Waals surface area contributed by atoms with Gasteiger partial charge in [-0.05, 0) is 25.7 Å². The van der Waals surface area contributed by atoms with Gasteiger partial charge in [-0.15, -0.1) is 0 Å². The molecule has 18 heavy (non-hydrogen) atoms. The summed E-state index contributed by atoms with van der Waals surface area (Å²) in [5.41, 5.74) is 5.81. The van der Waals surface area contributed by atoms with Gasteiger partial charge in [-0.2, -0.15) is 5.26 Å². The van der Waals surface area contributed by atoms with Gasteiger partial charge in [0.1, 0.15) is 0 Å². The Morgan fingerprint density at radius 2 is 2.00 bits per heavy atom. The van der Waals surface area contributed by atoms with E-state index in [9.17, 15) is 4.79 Å². The topological polar surface area (TPSA) is 70.1 Å². The number of nitrogens with two attached hydrogens (primary N) is 1. The number of carbonyl (C=O) groups is 1. The summed E-state index contributed by atoms with van der Waals surface area (Å²) in [4.78, 5) is 14.1. The highest BCUT2D eigenvalue weighted by molar-refractivity contribution is 5.79. The second-order valence-electron chi connectivity index (χ2n) is 6.10. The Morgan fingerprint density at radius 1 is 1.44 bits per heavy atom. The first kappa shape index (κ1) is 16.9. The van der Waals surface area contributed by atoms with E-state index in [4.69, 9.17) is 11.0 Å². The first-order valence-corrected chi connectivity index (χ1v) is 6.63. The molecule has 4 nitrogen and oxygen atoms in total. The van der Waals surface area contributed by atoms with Gasteiger partial charge in [-0.3, -0.25) is 4.79 Å². The average Bonchev–Trinajstić information content (AvgIpc) is 2.30. The molecule has 0 aliphatic rings. The van der Waals surface area contributed by atoms with Crippen LogP contribution in [0.4, 0.5) is 0 Å². The second kappa shape index (κ2) is 7.38. The molecule has 0 saturated carbocycles. The molecule has 0 aromatic rings. The highest BCUT2D eigenvalue weighted by Crippen LogP contribution is 2.25. The van der Waals surface area contributed by atoms with E-state index < -0.39 is 0 Å². The lowest BCUT2D eigenvalue weighted by Gasteiger charge is -2.30. The summed E-state index contributed by atoms with van der Waals surface area (Å²) in [6.45, 7) is 11.6. The van der Waals surface area contributed by atoms with Crippen LogP contribution < -0.4 is 5.73 Å². The molecule has 2 atom stereocenters. The van der Waals surface area contributed by atoms with E-state index in [0.29, 0.717) is 19.6 Å². The largest absolute Gasteiger partial charge is 0.341 e. The molecule has 0 aromatic heterocycles. The lowest BCUT2D eigenvalue weighted by atomic mass is 9.84. The number of hydrogen-bond acceptors (Lipinski definition) is 3. The lowest BCUT2D eigenvalue weighted by Crippen LogP contribution is -2.42. The highest BCUT2D eigenvalue weighted by Gasteiger charge is 2.27. The molecule has 2 N–H and O–H groups in total. The molecule has 0 fully saturated rings. The van der Waals surface area contributed by atoms with E-state index in [1.807, 2.05) is 13.8 Å². The molecule has 0 rings (SSSR count). The van der Waals surface area contributed by atoms with E-state index in [2.05, 4.69) is 26.8 Å². The summed E-state index contributed by atoms with van der Waals surface area (Å²) in [6.07, 6.45) is 0.778. The van der Waals surface area contributed by atoms with Crippen LogP contribution in [-0.4, -0.2) is 30.4 Å². The fraction of sp³-hybridized carbons (Fsp3) is 0.857. The molecule has 0 radical (unpaired) electrons. The smallest absolute Gasteiger partial charge is 0.227 e. The number of nitrogens with zero attached hydrogens (tertiary/aromatic N) is 2. The van der Waals surface area contributed by atoms with Crippen molar-refractivity contribution in [2.45, 2.75) is 41.0 Å². The minimum absolute atomic E-state index is 0.0806. The van der Waals surface area contributed by atoms with Gasteiger partial charge in [0.2, 0.25) is 5.91 Å². The van der Waals surface area contributed by atoms with Gasteiger partial charge >= 0.3 is 0 Å². The van der Waals surface area contributed by atoms with Crippen LogP contribution >= 0.6 is 0 Å². The Balaban J connectivity index is 4.69. The van der Waals surface area contributed by atoms with Crippen molar-refractivity contribution in [3.63, 3.8) is 0 Å². The Bertz CT molecular complexity index is 301. The molecule has 0 aliphatic heterocycles. The Labute approximate surface area is 111 Å². The minimum Gasteiger partial charge on any atom is -0.341 e. The molecule has 0 spiro atoms. The van der Waals surface area contributed by atoms with Crippen molar-refractivity contribution < 1.29 is 4.79 Å². The van der Waals surface area contributed by atoms with Crippen LogP contribution in [0.5, 0.6) is 0 Å². The van der Waals surface area contributed by atoms with Gasteiger partial charge in [0.15, 0.2) is 0 Å². The Morgan fingerprint density at radius 3 is 2.33 bits per heavy atom. The number of hydrogen-bond donors (Lipinski definition) is 1. The summed E-state index contributed by atoms with van der Waals surface area (Å²) >= 11 is 0. The average molecular weight is 253 g/mol. The molecule has 104 valence electrons. The van der Waals surface area contributed by atoms with E-state index in [-0.39, 0.29) is 23.2 Å². The fourth-order valence-corrected chi connectivity index (χ4v) is 2.02. The normalized spacial score (nSPS) is 14.7. The first-order valence-electron chi connectivity index (χ1n) is 6.63. The Kier molecular flexibility index (Phi) is 6.93. The van der Waals surface area contributed by atoms with Gasteiger partial charge < -0.3 is 10.6 Å². The molecule has 0 heterocycles. The summed E-state index contributed by atoms with van der Waals surface area (Å²) in [5, 5.41) is 8.83. The molecule has 0 bridgehead atoms. The molecular weight excluding hydrogens is 226 g/mol. The third-order valence-corrected chi connectivity index (χ3v) is 2.90. The zero-order valence-electron chi connectivity index (χ0n) is 12.4. The lowest BCUT2D eigenvalue weighted by molar-refractivity contribution is -0.136. The predicted molar refractivity (Wildman–Crippen MR) is 73.6 cm³/mol. The van der Waals surface area contributed by atoms with Gasteiger partial charge in [0.25, 0.3) is 0 Å². The minimum atomic E-state index is -0.143. The van der Waals surface area contributed by atoms with Crippen molar-refractivity contribution >= 4 is 5.91 Å². The van der Waals surface area contributed by atoms with Crippen molar-refractivity contribution in [1.82, 2.24) is 4.90 Å². The molecular formula is C14H27N3O. The third-order valence-electron chi connectivity index (χ3n) is 2.90. The molecule has 0 saturated heterocycles. The van der Waals surface area contributed by atoms with Crippen LogP contribution in [0.3, 0.4) is 0 Å². The molecule has 0 aromatic carbocycles. The quantitative estimate of drug-likeness (QED) is 0.787. The summed E-state index contributed by atoms with van der Waals surface area (Å²) in [5.74, 6) is -0.199. The number of rotatable bonds is 6. The van der Waals surface area contributed by atoms with Crippen LogP contribution in [0.2, 0.25) is 0 Å². The highest BCUT2D eigenvalue weighted by atomic mass is 16.2. The maximum atomic E-state index is 12.4. The van der Waals surface area contributed by atoms with Crippen LogP contribution in [-0.2, 0) is 4.79 Å². The summed E-state index contributed by atoms with van der Waals surface area (Å²) in [6, 6.07) is 2.16. The van der Waals surface area contributed by atoms with Crippen LogP contribution in [0.15, 0.2) is 0 Å². The van der Waals surface area contributed by atoms with E-state index in [1.54, 1.807) is 4.90 Å². The Hall–Kier alpha value is -1.08. The van der Waals surface area contributed by atoms with Gasteiger partial charge in [0.05, 0.1) is 17.9 Å². The van der Waals surface area contributed by atoms with Gasteiger partial charge in [0, 0.05) is 19.6 Å². The van der Waals surface area contributed by atoms with Crippen molar-refractivity contribution in [3.05, 3.63) is 0 Å². The summed E-state index contributed by atoms with van der Waals surface area (Å²) in [7, 11) is 0. The van der Waals surface area contributed by atoms with Crippen LogP contribution in [0, 0.1) is 28.6 Å². The zero-order chi connectivity index (χ0) is 14.3. The van der Waals surface area contributed by atoms with Crippen molar-refractivity contribution in [2.75, 3.05) is 19.6 Å². The molecule has 2 unspecified atom stereocenters. The molecule has 1 amide bonds. The van der Waals surface area contributed by atoms with Crippen molar-refractivity contribution in [2.24, 2.45) is 23.0 Å². The number of nitriles is 1. The summed E-state index contributed by atoms with van der Waals surface area (Å²) < 4.78 is 0. The maximum absolute atomic E-state index is 12.4. The van der Waals surface area contributed by atoms with Crippen LogP contribution in [0.25, 0.3) is 0 Å². The van der Waals surface area contributed by atoms with E-state index >= 15 is 0 Å². The first-order chi connectivity index (χ1) is 8.25. The number of amides is 1. The monoisotopic (exact) mass is 253 g/mol. The van der Waals surface area contributed by atoms with Crippen molar-refractivity contribution in [1.29, 1.82) is 5.26 Å². The standard InChI is InChI=1S/C14H27N3O/c1-6-17(10-11(2)8-15)13(18)12(9-16)7-14(3,4)5/h11-12H,6-7,9-10,16H2,1-5H3. The van der Waals surface area contributed by atoms with Crippen molar-refractivity contribution in [3.8, 4) is 6.07 Å². The zero-order valence-corrected chi connectivity index (χ0v) is 12.4. The fourth-order valence-electron chi connectivity index (χ4n) is 2.02. The number of carbonyl (C=O) groups excluding carboxylic acids is 1. The van der Waals surface area contributed by atoms with Gasteiger partial charge in [-0.25, -0.2) is 0 Å². The van der Waals surface area contributed by atoms with Gasteiger partial charge in [-0.1, -0.05) is 20.8 Å².